The van der Waals surface area contributed by atoms with Crippen molar-refractivity contribution in [2.24, 2.45) is 0 Å². The van der Waals surface area contributed by atoms with E-state index in [1.54, 1.807) is 6.07 Å². The molecule has 163 valence electrons. The molecule has 6 heteroatoms. The van der Waals surface area contributed by atoms with Crippen LogP contribution in [-0.2, 0) is 24.9 Å². The fourth-order valence-corrected chi connectivity index (χ4v) is 3.68. The predicted molar refractivity (Wildman–Crippen MR) is 122 cm³/mol. The molecule has 1 N–H and O–H groups in total. The molecule has 0 saturated carbocycles. The van der Waals surface area contributed by atoms with E-state index in [1.165, 1.54) is 26.1 Å². The van der Waals surface area contributed by atoms with Crippen molar-refractivity contribution in [2.45, 2.75) is 13.8 Å². The summed E-state index contributed by atoms with van der Waals surface area (Å²) in [5, 5.41) is 12.0. The van der Waals surface area contributed by atoms with Crippen molar-refractivity contribution in [1.29, 1.82) is 0 Å². The number of aromatic nitrogens is 2. The first-order chi connectivity index (χ1) is 15.0. The van der Waals surface area contributed by atoms with E-state index in [9.17, 15) is 9.18 Å². The Balaban J connectivity index is 0.000000318. The quantitative estimate of drug-likeness (QED) is 0.146. The van der Waals surface area contributed by atoms with E-state index >= 15 is 0 Å². The van der Waals surface area contributed by atoms with Gasteiger partial charge in [0.25, 0.3) is 0 Å². The number of benzene rings is 3. The summed E-state index contributed by atoms with van der Waals surface area (Å²) in [6, 6.07) is 24.9. The molecule has 0 atom stereocenters. The van der Waals surface area contributed by atoms with E-state index in [2.05, 4.69) is 33.8 Å². The molecular weight excluding hydrogens is 584 g/mol. The standard InChI is InChI=1S/C21H12FN2.C5H8O2.Ir/c22-18-13-23-21(17-10-2-1-7-14(17)18)24-19-11-5-3-8-15(19)16-9-4-6-12-20(16)24;1-4(6)3-5(2)7;/h1-11,13H;3,6H,1-2H3;/q-1;;/b;4-3-;. The van der Waals surface area contributed by atoms with Gasteiger partial charge >= 0.3 is 0 Å². The van der Waals surface area contributed by atoms with E-state index in [4.69, 9.17) is 5.11 Å². The number of rotatable bonds is 2. The third kappa shape index (κ3) is 4.47. The number of allylic oxidation sites excluding steroid dienone is 2. The zero-order chi connectivity index (χ0) is 22.0. The Hall–Kier alpha value is -3.34. The molecule has 0 aliphatic rings. The molecule has 1 radical (unpaired) electrons. The van der Waals surface area contributed by atoms with Crippen LogP contribution in [0.25, 0.3) is 38.4 Å². The second-order valence-electron chi connectivity index (χ2n) is 7.16. The zero-order valence-electron chi connectivity index (χ0n) is 17.5. The molecule has 4 nitrogen and oxygen atoms in total. The maximum absolute atomic E-state index is 14.2. The number of halogens is 1. The van der Waals surface area contributed by atoms with Gasteiger partial charge in [-0.1, -0.05) is 48.0 Å². The third-order valence-electron chi connectivity index (χ3n) is 4.84. The van der Waals surface area contributed by atoms with Crippen LogP contribution >= 0.6 is 0 Å². The van der Waals surface area contributed by atoms with Gasteiger partial charge in [-0.25, -0.2) is 9.37 Å². The second-order valence-corrected chi connectivity index (χ2v) is 7.16. The Morgan fingerprint density at radius 1 is 0.969 bits per heavy atom. The Labute approximate surface area is 198 Å². The minimum Gasteiger partial charge on any atom is -0.512 e. The summed E-state index contributed by atoms with van der Waals surface area (Å²) in [6.45, 7) is 2.85. The number of ketones is 1. The van der Waals surface area contributed by atoms with Crippen molar-refractivity contribution in [1.82, 2.24) is 9.55 Å². The summed E-state index contributed by atoms with van der Waals surface area (Å²) in [7, 11) is 0. The predicted octanol–water partition coefficient (Wildman–Crippen LogP) is 6.31. The zero-order valence-corrected chi connectivity index (χ0v) is 19.9. The molecule has 5 aromatic rings. The van der Waals surface area contributed by atoms with Crippen molar-refractivity contribution < 1.29 is 34.4 Å². The van der Waals surface area contributed by atoms with E-state index in [0.29, 0.717) is 5.39 Å². The molecule has 0 amide bonds. The smallest absolute Gasteiger partial charge is 0.155 e. The van der Waals surface area contributed by atoms with E-state index < -0.39 is 0 Å². The van der Waals surface area contributed by atoms with Gasteiger partial charge in [0.2, 0.25) is 0 Å². The largest absolute Gasteiger partial charge is 0.512 e. The van der Waals surface area contributed by atoms with Gasteiger partial charge in [0, 0.05) is 42.5 Å². The average Bonchev–Trinajstić information content (AvgIpc) is 3.08. The van der Waals surface area contributed by atoms with Crippen molar-refractivity contribution in [3.63, 3.8) is 0 Å². The molecule has 32 heavy (non-hydrogen) atoms. The van der Waals surface area contributed by atoms with Crippen LogP contribution in [0.1, 0.15) is 13.8 Å². The fourth-order valence-electron chi connectivity index (χ4n) is 3.68. The number of nitrogens with zero attached hydrogens (tertiary/aromatic N) is 2. The Kier molecular flexibility index (Phi) is 7.18. The van der Waals surface area contributed by atoms with Gasteiger partial charge in [0.15, 0.2) is 5.78 Å². The summed E-state index contributed by atoms with van der Waals surface area (Å²) >= 11 is 0. The van der Waals surface area contributed by atoms with Crippen LogP contribution < -0.4 is 0 Å². The van der Waals surface area contributed by atoms with Crippen molar-refractivity contribution in [3.05, 3.63) is 96.6 Å². The molecule has 2 aromatic heterocycles. The first-order valence-electron chi connectivity index (χ1n) is 9.78. The maximum Gasteiger partial charge on any atom is 0.155 e. The fraction of sp³-hybridized carbons (Fsp3) is 0.0769. The summed E-state index contributed by atoms with van der Waals surface area (Å²) in [5.74, 6) is 0.354. The van der Waals surface area contributed by atoms with Crippen LogP contribution in [0.2, 0.25) is 0 Å². The molecule has 0 aliphatic heterocycles. The Bertz CT molecular complexity index is 1400. The molecule has 0 saturated heterocycles. The van der Waals surface area contributed by atoms with Gasteiger partial charge in [0.05, 0.1) is 12.0 Å². The molecule has 3 aromatic carbocycles. The van der Waals surface area contributed by atoms with Gasteiger partial charge in [0.1, 0.15) is 11.6 Å². The monoisotopic (exact) mass is 604 g/mol. The van der Waals surface area contributed by atoms with Gasteiger partial charge in [-0.05, 0) is 25.3 Å². The minimum atomic E-state index is -0.306. The van der Waals surface area contributed by atoms with Gasteiger partial charge < -0.3 is 9.67 Å². The molecule has 5 rings (SSSR count). The first-order valence-corrected chi connectivity index (χ1v) is 9.78. The molecular formula is C26H20FIrN2O2-. The topological polar surface area (TPSA) is 55.1 Å². The number of carbonyl (C=O) groups is 1. The van der Waals surface area contributed by atoms with Gasteiger partial charge in [-0.3, -0.25) is 4.79 Å². The maximum atomic E-state index is 14.2. The molecule has 0 bridgehead atoms. The molecule has 0 spiro atoms. The number of hydrogen-bond donors (Lipinski definition) is 1. The molecule has 0 aliphatic carbocycles. The number of para-hydroxylation sites is 2. The van der Waals surface area contributed by atoms with Gasteiger partial charge in [-0.2, -0.15) is 24.3 Å². The molecule has 2 heterocycles. The Morgan fingerprint density at radius 2 is 1.59 bits per heavy atom. The van der Waals surface area contributed by atoms with Crippen LogP contribution in [0.4, 0.5) is 4.39 Å². The molecule has 0 unspecified atom stereocenters. The van der Waals surface area contributed by atoms with Crippen molar-refractivity contribution >= 4 is 38.4 Å². The van der Waals surface area contributed by atoms with Gasteiger partial charge in [-0.15, -0.1) is 5.39 Å². The second kappa shape index (κ2) is 9.86. The minimum absolute atomic E-state index is 0. The SMILES string of the molecule is CC(=O)/C=C(/C)O.Fc1cnc(-n2c3[c-]cccc3c3ccccc32)c2ccccc12.[Ir]. The van der Waals surface area contributed by atoms with E-state index in [0.717, 1.165) is 33.0 Å². The van der Waals surface area contributed by atoms with E-state index in [-0.39, 0.29) is 37.5 Å². The van der Waals surface area contributed by atoms with Crippen LogP contribution in [0.15, 0.2) is 84.8 Å². The summed E-state index contributed by atoms with van der Waals surface area (Å²) in [6.07, 6.45) is 2.46. The van der Waals surface area contributed by atoms with Crippen LogP contribution in [0.3, 0.4) is 0 Å². The molecule has 0 fully saturated rings. The van der Waals surface area contributed by atoms with Crippen molar-refractivity contribution in [3.8, 4) is 5.82 Å². The number of aliphatic hydroxyl groups is 1. The number of hydrogen-bond acceptors (Lipinski definition) is 3. The Morgan fingerprint density at radius 3 is 2.25 bits per heavy atom. The van der Waals surface area contributed by atoms with E-state index in [1.807, 2.05) is 42.5 Å². The van der Waals surface area contributed by atoms with Crippen LogP contribution in [0, 0.1) is 11.9 Å². The average molecular weight is 604 g/mol. The van der Waals surface area contributed by atoms with Crippen molar-refractivity contribution in [2.75, 3.05) is 0 Å². The number of fused-ring (bicyclic) bond motifs is 4. The number of aliphatic hydroxyl groups excluding tert-OH is 1. The summed E-state index contributed by atoms with van der Waals surface area (Å²) in [4.78, 5) is 14.4. The third-order valence-corrected chi connectivity index (χ3v) is 4.84. The summed E-state index contributed by atoms with van der Waals surface area (Å²) in [5.41, 5.74) is 1.99. The number of pyridine rings is 1. The normalized spacial score (nSPS) is 11.2. The van der Waals surface area contributed by atoms with Crippen LogP contribution in [-0.4, -0.2) is 20.4 Å². The first kappa shape index (κ1) is 23.3. The number of carbonyl (C=O) groups excluding carboxylic acids is 1. The van der Waals surface area contributed by atoms with Crippen LogP contribution in [0.5, 0.6) is 0 Å². The summed E-state index contributed by atoms with van der Waals surface area (Å²) < 4.78 is 16.2.